The molecule has 7 heteroatoms. The molecule has 1 aliphatic carbocycles. The highest BCUT2D eigenvalue weighted by atomic mass is 127. The van der Waals surface area contributed by atoms with Crippen LogP contribution < -0.4 is 5.32 Å². The van der Waals surface area contributed by atoms with E-state index in [0.717, 1.165) is 5.56 Å². The molecule has 0 bridgehead atoms. The zero-order valence-corrected chi connectivity index (χ0v) is 14.1. The van der Waals surface area contributed by atoms with E-state index in [1.807, 2.05) is 0 Å². The Hall–Kier alpha value is -0.960. The summed E-state index contributed by atoms with van der Waals surface area (Å²) in [7, 11) is 0. The lowest BCUT2D eigenvalue weighted by Gasteiger charge is -2.16. The molecule has 1 aliphatic rings. The van der Waals surface area contributed by atoms with Gasteiger partial charge in [-0.05, 0) is 25.3 Å². The third-order valence-corrected chi connectivity index (χ3v) is 5.28. The van der Waals surface area contributed by atoms with E-state index in [0.29, 0.717) is 28.3 Å². The number of anilines is 1. The standard InChI is InChI=1S/C13H14INO4S/c1-3-19-13(18)9-7-4-5-8(14)10(17)11(7)20-12(9)15-6(2)16/h8H,3-5H2,1-2H3,(H,15,16)/t8-/m0/s1. The van der Waals surface area contributed by atoms with Crippen LogP contribution in [0, 0.1) is 0 Å². The minimum absolute atomic E-state index is 0.0269. The second-order valence-corrected chi connectivity index (χ2v) is 6.91. The number of Topliss-reactive ketones (excluding diaryl/α,β-unsaturated/α-hetero) is 1. The molecule has 1 atom stereocenters. The predicted molar refractivity (Wildman–Crippen MR) is 85.0 cm³/mol. The lowest BCUT2D eigenvalue weighted by atomic mass is 9.94. The van der Waals surface area contributed by atoms with Crippen LogP contribution in [-0.4, -0.2) is 28.2 Å². The number of thiophene rings is 1. The van der Waals surface area contributed by atoms with Crippen LogP contribution in [0.5, 0.6) is 0 Å². The van der Waals surface area contributed by atoms with Crippen molar-refractivity contribution in [3.63, 3.8) is 0 Å². The summed E-state index contributed by atoms with van der Waals surface area (Å²) >= 11 is 3.28. The van der Waals surface area contributed by atoms with Gasteiger partial charge in [-0.2, -0.15) is 0 Å². The first-order chi connectivity index (χ1) is 9.45. The van der Waals surface area contributed by atoms with Crippen LogP contribution in [0.4, 0.5) is 5.00 Å². The maximum atomic E-state index is 12.2. The van der Waals surface area contributed by atoms with Crippen LogP contribution in [-0.2, 0) is 16.0 Å². The first kappa shape index (κ1) is 15.4. The molecule has 1 aromatic heterocycles. The Kier molecular flexibility index (Phi) is 4.79. The quantitative estimate of drug-likeness (QED) is 0.475. The molecule has 5 nitrogen and oxygen atoms in total. The Morgan fingerprint density at radius 3 is 2.80 bits per heavy atom. The topological polar surface area (TPSA) is 72.5 Å². The number of amides is 1. The highest BCUT2D eigenvalue weighted by molar-refractivity contribution is 14.1. The highest BCUT2D eigenvalue weighted by Gasteiger charge is 2.34. The number of esters is 1. The molecule has 0 spiro atoms. The summed E-state index contributed by atoms with van der Waals surface area (Å²) < 4.78 is 4.97. The van der Waals surface area contributed by atoms with Gasteiger partial charge < -0.3 is 10.1 Å². The second kappa shape index (κ2) is 6.21. The van der Waals surface area contributed by atoms with Gasteiger partial charge in [0.1, 0.15) is 5.00 Å². The first-order valence-electron chi connectivity index (χ1n) is 6.24. The number of hydrogen-bond acceptors (Lipinski definition) is 5. The van der Waals surface area contributed by atoms with Crippen LogP contribution in [0.1, 0.15) is 45.9 Å². The lowest BCUT2D eigenvalue weighted by Crippen LogP contribution is -2.22. The molecule has 2 rings (SSSR count). The molecule has 1 amide bonds. The SMILES string of the molecule is CCOC(=O)c1c(NC(C)=O)sc2c1CC[C@H](I)C2=O. The normalized spacial score (nSPS) is 17.6. The summed E-state index contributed by atoms with van der Waals surface area (Å²) in [6, 6.07) is 0. The van der Waals surface area contributed by atoms with E-state index in [4.69, 9.17) is 4.74 Å². The maximum Gasteiger partial charge on any atom is 0.341 e. The van der Waals surface area contributed by atoms with Crippen molar-refractivity contribution < 1.29 is 19.1 Å². The summed E-state index contributed by atoms with van der Waals surface area (Å²) in [5.74, 6) is -0.722. The van der Waals surface area contributed by atoms with Crippen molar-refractivity contribution in [2.45, 2.75) is 30.6 Å². The van der Waals surface area contributed by atoms with E-state index in [9.17, 15) is 14.4 Å². The third kappa shape index (κ3) is 2.88. The molecule has 1 aromatic rings. The molecular weight excluding hydrogens is 393 g/mol. The Labute approximate surface area is 134 Å². The molecule has 1 N–H and O–H groups in total. The van der Waals surface area contributed by atoms with Gasteiger partial charge in [-0.25, -0.2) is 4.79 Å². The molecule has 0 saturated carbocycles. The van der Waals surface area contributed by atoms with Gasteiger partial charge in [-0.3, -0.25) is 9.59 Å². The Morgan fingerprint density at radius 1 is 1.50 bits per heavy atom. The van der Waals surface area contributed by atoms with Crippen LogP contribution >= 0.6 is 33.9 Å². The number of ether oxygens (including phenoxy) is 1. The molecule has 0 aromatic carbocycles. The van der Waals surface area contributed by atoms with E-state index < -0.39 is 5.97 Å². The molecule has 0 saturated heterocycles. The Balaban J connectivity index is 2.51. The van der Waals surface area contributed by atoms with Gasteiger partial charge >= 0.3 is 5.97 Å². The molecule has 0 fully saturated rings. The fourth-order valence-corrected chi connectivity index (χ4v) is 4.23. The smallest absolute Gasteiger partial charge is 0.341 e. The minimum atomic E-state index is -0.478. The first-order valence-corrected chi connectivity index (χ1v) is 8.30. The van der Waals surface area contributed by atoms with E-state index in [2.05, 4.69) is 27.9 Å². The van der Waals surface area contributed by atoms with Crippen molar-refractivity contribution in [3.8, 4) is 0 Å². The fourth-order valence-electron chi connectivity index (χ4n) is 2.11. The summed E-state index contributed by atoms with van der Waals surface area (Å²) in [4.78, 5) is 36.1. The van der Waals surface area contributed by atoms with Crippen LogP contribution in [0.25, 0.3) is 0 Å². The number of rotatable bonds is 3. The van der Waals surface area contributed by atoms with Gasteiger partial charge in [0.15, 0.2) is 5.78 Å². The summed E-state index contributed by atoms with van der Waals surface area (Å²) in [6.45, 7) is 3.35. The van der Waals surface area contributed by atoms with Crippen LogP contribution in [0.2, 0.25) is 0 Å². The number of ketones is 1. The molecule has 108 valence electrons. The zero-order valence-electron chi connectivity index (χ0n) is 11.1. The minimum Gasteiger partial charge on any atom is -0.462 e. The van der Waals surface area contributed by atoms with Crippen LogP contribution in [0.3, 0.4) is 0 Å². The average Bonchev–Trinajstić information content (AvgIpc) is 2.72. The van der Waals surface area contributed by atoms with Crippen molar-refractivity contribution in [2.24, 2.45) is 0 Å². The molecule has 0 radical (unpaired) electrons. The summed E-state index contributed by atoms with van der Waals surface area (Å²) in [5.41, 5.74) is 1.06. The Bertz CT molecular complexity index is 581. The molecule has 20 heavy (non-hydrogen) atoms. The van der Waals surface area contributed by atoms with E-state index in [1.165, 1.54) is 18.3 Å². The monoisotopic (exact) mass is 407 g/mol. The number of nitrogens with one attached hydrogen (secondary N) is 1. The van der Waals surface area contributed by atoms with Gasteiger partial charge in [0.2, 0.25) is 5.91 Å². The molecule has 1 heterocycles. The van der Waals surface area contributed by atoms with E-state index in [1.54, 1.807) is 6.92 Å². The molecular formula is C13H14INO4S. The zero-order chi connectivity index (χ0) is 14.9. The van der Waals surface area contributed by atoms with Gasteiger partial charge in [-0.15, -0.1) is 11.3 Å². The number of hydrogen-bond donors (Lipinski definition) is 1. The lowest BCUT2D eigenvalue weighted by molar-refractivity contribution is -0.114. The van der Waals surface area contributed by atoms with Crippen molar-refractivity contribution in [3.05, 3.63) is 16.0 Å². The Morgan fingerprint density at radius 2 is 2.20 bits per heavy atom. The summed E-state index contributed by atoms with van der Waals surface area (Å²) in [5, 5.41) is 3.05. The highest BCUT2D eigenvalue weighted by Crippen LogP contribution is 2.40. The summed E-state index contributed by atoms with van der Waals surface area (Å²) in [6.07, 6.45) is 1.36. The third-order valence-electron chi connectivity index (χ3n) is 2.93. The van der Waals surface area contributed by atoms with Gasteiger partial charge in [0, 0.05) is 6.92 Å². The van der Waals surface area contributed by atoms with Crippen molar-refractivity contribution in [2.75, 3.05) is 11.9 Å². The van der Waals surface area contributed by atoms with E-state index >= 15 is 0 Å². The fraction of sp³-hybridized carbons (Fsp3) is 0.462. The van der Waals surface area contributed by atoms with Gasteiger partial charge in [0.05, 0.1) is 21.0 Å². The van der Waals surface area contributed by atoms with Gasteiger partial charge in [0.25, 0.3) is 0 Å². The van der Waals surface area contributed by atoms with Crippen molar-refractivity contribution in [1.29, 1.82) is 0 Å². The number of carbonyl (C=O) groups excluding carboxylic acids is 3. The van der Waals surface area contributed by atoms with Gasteiger partial charge in [-0.1, -0.05) is 22.6 Å². The van der Waals surface area contributed by atoms with Crippen molar-refractivity contribution >= 4 is 56.6 Å². The number of fused-ring (bicyclic) bond motifs is 1. The van der Waals surface area contributed by atoms with E-state index in [-0.39, 0.29) is 22.2 Å². The van der Waals surface area contributed by atoms with Crippen LogP contribution in [0.15, 0.2) is 0 Å². The maximum absolute atomic E-state index is 12.2. The number of halogens is 1. The largest absolute Gasteiger partial charge is 0.462 e. The van der Waals surface area contributed by atoms with Crippen molar-refractivity contribution in [1.82, 2.24) is 0 Å². The molecule has 0 unspecified atom stereocenters. The number of carbonyl (C=O) groups is 3. The average molecular weight is 407 g/mol. The number of alkyl halides is 1. The predicted octanol–water partition coefficient (Wildman–Crippen LogP) is 2.82. The molecule has 0 aliphatic heterocycles. The second-order valence-electron chi connectivity index (χ2n) is 4.39.